The van der Waals surface area contributed by atoms with Crippen molar-refractivity contribution >= 4 is 17.5 Å². The number of nitrogens with one attached hydrogen (secondary N) is 1. The maximum absolute atomic E-state index is 14.0. The van der Waals surface area contributed by atoms with Gasteiger partial charge in [0.2, 0.25) is 0 Å². The van der Waals surface area contributed by atoms with Crippen LogP contribution < -0.4 is 5.32 Å². The zero-order valence-electron chi connectivity index (χ0n) is 12.2. The second kappa shape index (κ2) is 6.62. The molecular formula is C17H15ClF2N2O. The Hall–Kier alpha value is -2.01. The molecule has 1 fully saturated rings. The first-order valence-corrected chi connectivity index (χ1v) is 7.81. The van der Waals surface area contributed by atoms with E-state index in [0.717, 1.165) is 6.42 Å². The molecule has 1 saturated carbocycles. The van der Waals surface area contributed by atoms with Crippen molar-refractivity contribution in [2.45, 2.75) is 31.2 Å². The summed E-state index contributed by atoms with van der Waals surface area (Å²) in [6.45, 7) is 0. The maximum Gasteiger partial charge on any atom is 0.254 e. The van der Waals surface area contributed by atoms with Crippen LogP contribution in [0.15, 0.2) is 36.5 Å². The molecule has 120 valence electrons. The Morgan fingerprint density at radius 1 is 1.17 bits per heavy atom. The number of hydrogen-bond acceptors (Lipinski definition) is 2. The Labute approximate surface area is 137 Å². The molecule has 1 aromatic heterocycles. The Bertz CT molecular complexity index is 718. The van der Waals surface area contributed by atoms with E-state index in [4.69, 9.17) is 11.6 Å². The summed E-state index contributed by atoms with van der Waals surface area (Å²) in [6, 6.07) is 6.68. The fourth-order valence-corrected chi connectivity index (χ4v) is 3.35. The molecule has 23 heavy (non-hydrogen) atoms. The Balaban J connectivity index is 1.83. The first-order valence-electron chi connectivity index (χ1n) is 7.43. The van der Waals surface area contributed by atoms with E-state index in [-0.39, 0.29) is 34.1 Å². The van der Waals surface area contributed by atoms with Gasteiger partial charge in [0.05, 0.1) is 5.56 Å². The molecule has 1 amide bonds. The van der Waals surface area contributed by atoms with Gasteiger partial charge in [0.25, 0.3) is 5.91 Å². The fraction of sp³-hybridized carbons (Fsp3) is 0.294. The lowest BCUT2D eigenvalue weighted by atomic mass is 9.93. The van der Waals surface area contributed by atoms with Gasteiger partial charge in [-0.25, -0.2) is 13.8 Å². The molecule has 3 rings (SSSR count). The number of carbonyl (C=O) groups excluding carboxylic acids is 1. The summed E-state index contributed by atoms with van der Waals surface area (Å²) in [5.74, 6) is -1.90. The van der Waals surface area contributed by atoms with Crippen molar-refractivity contribution in [1.82, 2.24) is 10.3 Å². The minimum Gasteiger partial charge on any atom is -0.349 e. The number of amides is 1. The van der Waals surface area contributed by atoms with Gasteiger partial charge in [-0.1, -0.05) is 24.1 Å². The normalized spacial score (nSPS) is 20.5. The van der Waals surface area contributed by atoms with E-state index >= 15 is 0 Å². The van der Waals surface area contributed by atoms with Crippen molar-refractivity contribution in [2.24, 2.45) is 0 Å². The highest BCUT2D eigenvalue weighted by Gasteiger charge is 2.34. The molecule has 6 heteroatoms. The zero-order valence-corrected chi connectivity index (χ0v) is 13.0. The smallest absolute Gasteiger partial charge is 0.254 e. The van der Waals surface area contributed by atoms with E-state index in [9.17, 15) is 13.6 Å². The molecule has 0 aliphatic heterocycles. The predicted octanol–water partition coefficient (Wildman–Crippen LogP) is 4.08. The maximum atomic E-state index is 14.0. The second-order valence-corrected chi connectivity index (χ2v) is 5.95. The Kier molecular flexibility index (Phi) is 4.57. The number of benzene rings is 1. The zero-order chi connectivity index (χ0) is 16.4. The largest absolute Gasteiger partial charge is 0.349 e. The van der Waals surface area contributed by atoms with Crippen molar-refractivity contribution in [3.05, 3.63) is 64.4 Å². The monoisotopic (exact) mass is 336 g/mol. The molecule has 0 saturated heterocycles. The SMILES string of the molecule is O=C(N[C@@H]1CCC[C@H]1c1c(F)cccc1F)c1cccnc1Cl. The molecule has 2 atom stereocenters. The third-order valence-electron chi connectivity index (χ3n) is 4.21. The van der Waals surface area contributed by atoms with E-state index in [0.29, 0.717) is 12.8 Å². The van der Waals surface area contributed by atoms with E-state index < -0.39 is 11.6 Å². The van der Waals surface area contributed by atoms with Gasteiger partial charge in [0, 0.05) is 23.7 Å². The minimum absolute atomic E-state index is 0.0487. The van der Waals surface area contributed by atoms with Crippen LogP contribution in [-0.2, 0) is 0 Å². The number of aromatic nitrogens is 1. The highest BCUT2D eigenvalue weighted by Crippen LogP contribution is 2.37. The molecule has 1 N–H and O–H groups in total. The molecule has 1 aliphatic carbocycles. The van der Waals surface area contributed by atoms with Crippen LogP contribution in [0.1, 0.15) is 41.1 Å². The lowest BCUT2D eigenvalue weighted by Gasteiger charge is -2.22. The van der Waals surface area contributed by atoms with Gasteiger partial charge in [-0.15, -0.1) is 0 Å². The average molecular weight is 337 g/mol. The second-order valence-electron chi connectivity index (χ2n) is 5.59. The number of carbonyl (C=O) groups is 1. The molecule has 0 bridgehead atoms. The summed E-state index contributed by atoms with van der Waals surface area (Å²) in [5, 5.41) is 2.95. The Morgan fingerprint density at radius 3 is 2.61 bits per heavy atom. The highest BCUT2D eigenvalue weighted by molar-refractivity contribution is 6.32. The van der Waals surface area contributed by atoms with Crippen LogP contribution in [0.4, 0.5) is 8.78 Å². The molecule has 1 aromatic carbocycles. The topological polar surface area (TPSA) is 42.0 Å². The van der Waals surface area contributed by atoms with Crippen molar-refractivity contribution < 1.29 is 13.6 Å². The van der Waals surface area contributed by atoms with Crippen molar-refractivity contribution in [1.29, 1.82) is 0 Å². The molecule has 1 aliphatic rings. The number of hydrogen-bond donors (Lipinski definition) is 1. The standard InChI is InChI=1S/C17H15ClF2N2O/c18-16-11(5-3-9-21-16)17(23)22-14-8-1-4-10(14)15-12(19)6-2-7-13(15)20/h2-3,5-7,9-10,14H,1,4,8H2,(H,22,23)/t10-,14-/m1/s1. The fourth-order valence-electron chi connectivity index (χ4n) is 3.14. The third-order valence-corrected chi connectivity index (χ3v) is 4.51. The van der Waals surface area contributed by atoms with E-state index in [1.165, 1.54) is 24.4 Å². The quantitative estimate of drug-likeness (QED) is 0.858. The van der Waals surface area contributed by atoms with Crippen molar-refractivity contribution in [3.8, 4) is 0 Å². The highest BCUT2D eigenvalue weighted by atomic mass is 35.5. The minimum atomic E-state index is -0.574. The number of nitrogens with zero attached hydrogens (tertiary/aromatic N) is 1. The van der Waals surface area contributed by atoms with E-state index in [1.54, 1.807) is 12.1 Å². The number of rotatable bonds is 3. The summed E-state index contributed by atoms with van der Waals surface area (Å²) in [7, 11) is 0. The summed E-state index contributed by atoms with van der Waals surface area (Å²) < 4.78 is 28.0. The van der Waals surface area contributed by atoms with E-state index in [2.05, 4.69) is 10.3 Å². The average Bonchev–Trinajstić information content (AvgIpc) is 2.95. The number of pyridine rings is 1. The first kappa shape index (κ1) is 15.9. The molecule has 0 spiro atoms. The summed E-state index contributed by atoms with van der Waals surface area (Å²) >= 11 is 5.92. The molecule has 0 unspecified atom stereocenters. The van der Waals surface area contributed by atoms with Crippen LogP contribution in [-0.4, -0.2) is 16.9 Å². The van der Waals surface area contributed by atoms with E-state index in [1.807, 2.05) is 0 Å². The summed E-state index contributed by atoms with van der Waals surface area (Å²) in [4.78, 5) is 16.2. The summed E-state index contributed by atoms with van der Waals surface area (Å²) in [6.07, 6.45) is 3.59. The first-order chi connectivity index (χ1) is 11.1. The predicted molar refractivity (Wildman–Crippen MR) is 83.5 cm³/mol. The lowest BCUT2D eigenvalue weighted by molar-refractivity contribution is 0.0933. The van der Waals surface area contributed by atoms with Crippen LogP contribution in [0.25, 0.3) is 0 Å². The van der Waals surface area contributed by atoms with Crippen LogP contribution in [0.3, 0.4) is 0 Å². The van der Waals surface area contributed by atoms with Gasteiger partial charge in [0.1, 0.15) is 16.8 Å². The molecule has 0 radical (unpaired) electrons. The molecule has 1 heterocycles. The van der Waals surface area contributed by atoms with Crippen LogP contribution in [0.5, 0.6) is 0 Å². The van der Waals surface area contributed by atoms with Crippen LogP contribution in [0, 0.1) is 11.6 Å². The van der Waals surface area contributed by atoms with Crippen LogP contribution in [0.2, 0.25) is 5.15 Å². The van der Waals surface area contributed by atoms with Gasteiger partial charge in [-0.3, -0.25) is 4.79 Å². The van der Waals surface area contributed by atoms with Crippen molar-refractivity contribution in [3.63, 3.8) is 0 Å². The number of halogens is 3. The lowest BCUT2D eigenvalue weighted by Crippen LogP contribution is -2.37. The molecule has 3 nitrogen and oxygen atoms in total. The van der Waals surface area contributed by atoms with Gasteiger partial charge in [0.15, 0.2) is 0 Å². The van der Waals surface area contributed by atoms with Gasteiger partial charge >= 0.3 is 0 Å². The van der Waals surface area contributed by atoms with Gasteiger partial charge in [-0.2, -0.15) is 0 Å². The Morgan fingerprint density at radius 2 is 1.91 bits per heavy atom. The molecular weight excluding hydrogens is 322 g/mol. The van der Waals surface area contributed by atoms with Crippen LogP contribution >= 0.6 is 11.6 Å². The van der Waals surface area contributed by atoms with Gasteiger partial charge < -0.3 is 5.32 Å². The van der Waals surface area contributed by atoms with Crippen molar-refractivity contribution in [2.75, 3.05) is 0 Å². The summed E-state index contributed by atoms with van der Waals surface area (Å²) in [5.41, 5.74) is 0.307. The van der Waals surface area contributed by atoms with Gasteiger partial charge in [-0.05, 0) is 37.1 Å². The third kappa shape index (κ3) is 3.20. The molecule has 2 aromatic rings.